The molecule has 0 fully saturated rings. The Balaban J connectivity index is 1.74. The lowest BCUT2D eigenvalue weighted by Gasteiger charge is -2.11. The van der Waals surface area contributed by atoms with Gasteiger partial charge in [-0.05, 0) is 37.6 Å². The standard InChI is InChI=1S/C15H17N5O/c1-3-20-9-16-7-13(20)8-17-14-5-4-12(6-11(14)2)15-19-18-10-21-15/h4-7,9-10,17H,3,8H2,1-2H3. The van der Waals surface area contributed by atoms with E-state index < -0.39 is 0 Å². The van der Waals surface area contributed by atoms with Gasteiger partial charge in [0, 0.05) is 24.0 Å². The van der Waals surface area contributed by atoms with Crippen molar-refractivity contribution in [2.24, 2.45) is 0 Å². The topological polar surface area (TPSA) is 68.8 Å². The van der Waals surface area contributed by atoms with E-state index in [1.54, 1.807) is 0 Å². The van der Waals surface area contributed by atoms with Gasteiger partial charge in [0.05, 0.1) is 18.6 Å². The number of hydrogen-bond acceptors (Lipinski definition) is 5. The minimum absolute atomic E-state index is 0.536. The summed E-state index contributed by atoms with van der Waals surface area (Å²) in [7, 11) is 0. The van der Waals surface area contributed by atoms with Crippen LogP contribution in [0.3, 0.4) is 0 Å². The molecule has 2 aromatic heterocycles. The van der Waals surface area contributed by atoms with E-state index in [1.807, 2.05) is 30.7 Å². The van der Waals surface area contributed by atoms with Crippen LogP contribution in [0.25, 0.3) is 11.5 Å². The zero-order valence-corrected chi connectivity index (χ0v) is 12.1. The first kappa shape index (κ1) is 13.4. The highest BCUT2D eigenvalue weighted by Gasteiger charge is 2.07. The van der Waals surface area contributed by atoms with Crippen LogP contribution in [0.4, 0.5) is 5.69 Å². The maximum atomic E-state index is 5.21. The third-order valence-corrected chi connectivity index (χ3v) is 3.43. The molecule has 0 saturated heterocycles. The van der Waals surface area contributed by atoms with Crippen LogP contribution < -0.4 is 5.32 Å². The van der Waals surface area contributed by atoms with Crippen molar-refractivity contribution in [1.29, 1.82) is 0 Å². The summed E-state index contributed by atoms with van der Waals surface area (Å²) in [6.45, 7) is 5.83. The Morgan fingerprint density at radius 2 is 2.24 bits per heavy atom. The number of rotatable bonds is 5. The Bertz CT molecular complexity index is 718. The lowest BCUT2D eigenvalue weighted by Crippen LogP contribution is -2.06. The largest absolute Gasteiger partial charge is 0.423 e. The first-order valence-electron chi connectivity index (χ1n) is 6.88. The molecule has 0 aliphatic heterocycles. The molecule has 1 N–H and O–H groups in total. The quantitative estimate of drug-likeness (QED) is 0.779. The van der Waals surface area contributed by atoms with Crippen molar-refractivity contribution in [2.45, 2.75) is 26.9 Å². The lowest BCUT2D eigenvalue weighted by atomic mass is 10.1. The molecule has 0 aliphatic rings. The van der Waals surface area contributed by atoms with Gasteiger partial charge in [0.15, 0.2) is 0 Å². The second-order valence-electron chi connectivity index (χ2n) is 4.80. The van der Waals surface area contributed by atoms with Crippen molar-refractivity contribution in [3.05, 3.63) is 48.4 Å². The van der Waals surface area contributed by atoms with Crippen LogP contribution in [0.5, 0.6) is 0 Å². The van der Waals surface area contributed by atoms with Gasteiger partial charge in [-0.1, -0.05) is 0 Å². The van der Waals surface area contributed by atoms with E-state index in [2.05, 4.69) is 38.9 Å². The fraction of sp³-hybridized carbons (Fsp3) is 0.267. The molecule has 0 unspecified atom stereocenters. The third-order valence-electron chi connectivity index (χ3n) is 3.43. The third kappa shape index (κ3) is 2.79. The molecule has 0 bridgehead atoms. The van der Waals surface area contributed by atoms with Gasteiger partial charge in [0.2, 0.25) is 12.3 Å². The summed E-state index contributed by atoms with van der Waals surface area (Å²) in [5.41, 5.74) is 4.31. The SMILES string of the molecule is CCn1cncc1CNc1ccc(-c2nnco2)cc1C. The number of aromatic nitrogens is 4. The normalized spacial score (nSPS) is 10.8. The van der Waals surface area contributed by atoms with Gasteiger partial charge in [-0.2, -0.15) is 0 Å². The van der Waals surface area contributed by atoms with Crippen molar-refractivity contribution in [1.82, 2.24) is 19.7 Å². The second-order valence-corrected chi connectivity index (χ2v) is 4.80. The number of anilines is 1. The summed E-state index contributed by atoms with van der Waals surface area (Å²) in [6, 6.07) is 6.04. The Hall–Kier alpha value is -2.63. The highest BCUT2D eigenvalue weighted by Crippen LogP contribution is 2.23. The van der Waals surface area contributed by atoms with Crippen LogP contribution >= 0.6 is 0 Å². The van der Waals surface area contributed by atoms with Gasteiger partial charge in [-0.3, -0.25) is 0 Å². The van der Waals surface area contributed by atoms with E-state index >= 15 is 0 Å². The van der Waals surface area contributed by atoms with Crippen molar-refractivity contribution >= 4 is 5.69 Å². The van der Waals surface area contributed by atoms with E-state index in [9.17, 15) is 0 Å². The highest BCUT2D eigenvalue weighted by atomic mass is 16.4. The van der Waals surface area contributed by atoms with Crippen LogP contribution in [0, 0.1) is 6.92 Å². The Labute approximate surface area is 122 Å². The summed E-state index contributed by atoms with van der Waals surface area (Å²) in [6.07, 6.45) is 5.07. The summed E-state index contributed by atoms with van der Waals surface area (Å²) in [5.74, 6) is 0.536. The minimum Gasteiger partial charge on any atom is -0.423 e. The van der Waals surface area contributed by atoms with Crippen LogP contribution in [-0.4, -0.2) is 19.7 Å². The molecule has 0 radical (unpaired) electrons. The molecular weight excluding hydrogens is 266 g/mol. The smallest absolute Gasteiger partial charge is 0.247 e. The Morgan fingerprint density at radius 3 is 2.95 bits per heavy atom. The van der Waals surface area contributed by atoms with Gasteiger partial charge >= 0.3 is 0 Å². The minimum atomic E-state index is 0.536. The van der Waals surface area contributed by atoms with Gasteiger partial charge < -0.3 is 14.3 Å². The summed E-state index contributed by atoms with van der Waals surface area (Å²) < 4.78 is 7.33. The van der Waals surface area contributed by atoms with Crippen molar-refractivity contribution in [3.63, 3.8) is 0 Å². The summed E-state index contributed by atoms with van der Waals surface area (Å²) >= 11 is 0. The molecule has 0 aliphatic carbocycles. The average molecular weight is 283 g/mol. The van der Waals surface area contributed by atoms with Crippen molar-refractivity contribution < 1.29 is 4.42 Å². The number of nitrogens with one attached hydrogen (secondary N) is 1. The van der Waals surface area contributed by atoms with Gasteiger partial charge in [-0.25, -0.2) is 4.98 Å². The molecule has 0 spiro atoms. The molecule has 21 heavy (non-hydrogen) atoms. The number of hydrogen-bond donors (Lipinski definition) is 1. The molecule has 1 aromatic carbocycles. The monoisotopic (exact) mass is 283 g/mol. The van der Waals surface area contributed by atoms with E-state index in [0.717, 1.165) is 35.6 Å². The fourth-order valence-electron chi connectivity index (χ4n) is 2.26. The number of nitrogens with zero attached hydrogens (tertiary/aromatic N) is 4. The molecule has 3 aromatic rings. The predicted octanol–water partition coefficient (Wildman–Crippen LogP) is 2.87. The van der Waals surface area contributed by atoms with Gasteiger partial charge in [0.25, 0.3) is 0 Å². The first-order valence-corrected chi connectivity index (χ1v) is 6.88. The maximum Gasteiger partial charge on any atom is 0.247 e. The van der Waals surface area contributed by atoms with E-state index in [-0.39, 0.29) is 0 Å². The number of benzene rings is 1. The summed E-state index contributed by atoms with van der Waals surface area (Å²) in [5, 5.41) is 11.1. The zero-order valence-electron chi connectivity index (χ0n) is 12.1. The molecular formula is C15H17N5O. The number of aryl methyl sites for hydroxylation is 2. The second kappa shape index (κ2) is 5.78. The molecule has 6 nitrogen and oxygen atoms in total. The molecule has 3 rings (SSSR count). The first-order chi connectivity index (χ1) is 10.3. The van der Waals surface area contributed by atoms with Crippen LogP contribution in [0.2, 0.25) is 0 Å². The highest BCUT2D eigenvalue weighted by molar-refractivity contribution is 5.62. The Morgan fingerprint density at radius 1 is 1.33 bits per heavy atom. The van der Waals surface area contributed by atoms with Crippen LogP contribution in [-0.2, 0) is 13.1 Å². The maximum absolute atomic E-state index is 5.21. The van der Waals surface area contributed by atoms with Crippen LogP contribution in [0.1, 0.15) is 18.2 Å². The van der Waals surface area contributed by atoms with E-state index in [0.29, 0.717) is 5.89 Å². The van der Waals surface area contributed by atoms with E-state index in [4.69, 9.17) is 4.42 Å². The summed E-state index contributed by atoms with van der Waals surface area (Å²) in [4.78, 5) is 4.17. The molecule has 108 valence electrons. The molecule has 0 atom stereocenters. The van der Waals surface area contributed by atoms with Crippen LogP contribution in [0.15, 0.2) is 41.5 Å². The predicted molar refractivity (Wildman–Crippen MR) is 79.7 cm³/mol. The van der Waals surface area contributed by atoms with Crippen molar-refractivity contribution in [2.75, 3.05) is 5.32 Å². The Kier molecular flexibility index (Phi) is 3.68. The van der Waals surface area contributed by atoms with Gasteiger partial charge in [0.1, 0.15) is 0 Å². The molecule has 0 saturated carbocycles. The molecule has 6 heteroatoms. The average Bonchev–Trinajstić information content (AvgIpc) is 3.17. The molecule has 0 amide bonds. The van der Waals surface area contributed by atoms with E-state index in [1.165, 1.54) is 6.39 Å². The molecule has 2 heterocycles. The van der Waals surface area contributed by atoms with Gasteiger partial charge in [-0.15, -0.1) is 10.2 Å². The lowest BCUT2D eigenvalue weighted by molar-refractivity contribution is 0.568. The van der Waals surface area contributed by atoms with Crippen molar-refractivity contribution in [3.8, 4) is 11.5 Å². The zero-order chi connectivity index (χ0) is 14.7. The number of imidazole rings is 1. The fourth-order valence-corrected chi connectivity index (χ4v) is 2.26.